The van der Waals surface area contributed by atoms with Crippen LogP contribution in [-0.4, -0.2) is 30.4 Å². The highest BCUT2D eigenvalue weighted by molar-refractivity contribution is 6.35. The first-order valence-corrected chi connectivity index (χ1v) is 8.39. The molecule has 2 amide bonds. The van der Waals surface area contributed by atoms with Crippen molar-refractivity contribution in [3.05, 3.63) is 52.4 Å². The van der Waals surface area contributed by atoms with Gasteiger partial charge in [0, 0.05) is 22.3 Å². The van der Waals surface area contributed by atoms with Crippen LogP contribution >= 0.6 is 23.2 Å². The molecule has 0 saturated heterocycles. The van der Waals surface area contributed by atoms with E-state index in [0.717, 1.165) is 0 Å². The molecule has 9 heteroatoms. The van der Waals surface area contributed by atoms with Crippen LogP contribution < -0.4 is 10.6 Å². The molecule has 0 bridgehead atoms. The normalized spacial score (nSPS) is 11.5. The van der Waals surface area contributed by atoms with Crippen LogP contribution in [0.3, 0.4) is 0 Å². The van der Waals surface area contributed by atoms with Gasteiger partial charge < -0.3 is 19.8 Å². The molecule has 0 spiro atoms. The highest BCUT2D eigenvalue weighted by atomic mass is 35.5. The molecule has 2 aromatic rings. The Hall–Kier alpha value is -2.51. The van der Waals surface area contributed by atoms with Crippen LogP contribution in [0.4, 0.5) is 5.69 Å². The molecule has 0 aliphatic rings. The standard InChI is InChI=1S/C17H16Cl2N2O5/c1-10(16(23)21-13-8-11(18)7-12(19)9-13)26-15(22)4-5-20-17(24)14-3-2-6-25-14/h2-3,6-10H,4-5H2,1H3,(H,20,24)(H,21,23)/t10-/m0/s1. The van der Waals surface area contributed by atoms with Crippen molar-refractivity contribution in [2.24, 2.45) is 0 Å². The lowest BCUT2D eigenvalue weighted by atomic mass is 10.3. The lowest BCUT2D eigenvalue weighted by Gasteiger charge is -2.14. The minimum Gasteiger partial charge on any atom is -0.459 e. The molecule has 0 radical (unpaired) electrons. The number of carbonyl (C=O) groups excluding carboxylic acids is 3. The summed E-state index contributed by atoms with van der Waals surface area (Å²) in [5.41, 5.74) is 0.390. The van der Waals surface area contributed by atoms with Crippen molar-refractivity contribution in [1.82, 2.24) is 5.32 Å². The number of halogens is 2. The molecule has 1 heterocycles. The Balaban J connectivity index is 1.75. The quantitative estimate of drug-likeness (QED) is 0.697. The van der Waals surface area contributed by atoms with Crippen LogP contribution in [0.2, 0.25) is 10.0 Å². The van der Waals surface area contributed by atoms with E-state index in [1.807, 2.05) is 0 Å². The van der Waals surface area contributed by atoms with Crippen LogP contribution in [-0.2, 0) is 14.3 Å². The SMILES string of the molecule is C[C@H](OC(=O)CCNC(=O)c1ccco1)C(=O)Nc1cc(Cl)cc(Cl)c1. The van der Waals surface area contributed by atoms with Gasteiger partial charge in [-0.1, -0.05) is 23.2 Å². The highest BCUT2D eigenvalue weighted by Crippen LogP contribution is 2.22. The van der Waals surface area contributed by atoms with Crippen molar-refractivity contribution < 1.29 is 23.5 Å². The second kappa shape index (κ2) is 9.26. The molecule has 2 rings (SSSR count). The third kappa shape index (κ3) is 6.09. The number of esters is 1. The summed E-state index contributed by atoms with van der Waals surface area (Å²) in [6.45, 7) is 1.48. The van der Waals surface area contributed by atoms with E-state index >= 15 is 0 Å². The van der Waals surface area contributed by atoms with Gasteiger partial charge >= 0.3 is 5.97 Å². The number of amides is 2. The van der Waals surface area contributed by atoms with Crippen LogP contribution in [0.1, 0.15) is 23.9 Å². The summed E-state index contributed by atoms with van der Waals surface area (Å²) in [7, 11) is 0. The number of benzene rings is 1. The maximum atomic E-state index is 12.1. The molecule has 26 heavy (non-hydrogen) atoms. The van der Waals surface area contributed by atoms with Gasteiger partial charge in [0.05, 0.1) is 12.7 Å². The van der Waals surface area contributed by atoms with E-state index in [4.69, 9.17) is 32.4 Å². The lowest BCUT2D eigenvalue weighted by molar-refractivity contribution is -0.153. The summed E-state index contributed by atoms with van der Waals surface area (Å²) in [4.78, 5) is 35.5. The minimum atomic E-state index is -1.03. The number of rotatable bonds is 7. The van der Waals surface area contributed by atoms with Crippen molar-refractivity contribution in [3.63, 3.8) is 0 Å². The second-order valence-corrected chi connectivity index (χ2v) is 6.14. The Bertz CT molecular complexity index is 772. The largest absolute Gasteiger partial charge is 0.459 e. The van der Waals surface area contributed by atoms with Crippen LogP contribution in [0, 0.1) is 0 Å². The van der Waals surface area contributed by atoms with E-state index in [9.17, 15) is 14.4 Å². The van der Waals surface area contributed by atoms with Crippen LogP contribution in [0.5, 0.6) is 0 Å². The van der Waals surface area contributed by atoms with Crippen LogP contribution in [0.15, 0.2) is 41.0 Å². The number of nitrogens with one attached hydrogen (secondary N) is 2. The van der Waals surface area contributed by atoms with E-state index in [1.165, 1.54) is 37.5 Å². The number of carbonyl (C=O) groups is 3. The van der Waals surface area contributed by atoms with Crippen molar-refractivity contribution in [1.29, 1.82) is 0 Å². The molecule has 1 atom stereocenters. The molecule has 1 aromatic heterocycles. The number of hydrogen-bond donors (Lipinski definition) is 2. The summed E-state index contributed by atoms with van der Waals surface area (Å²) >= 11 is 11.7. The molecular formula is C17H16Cl2N2O5. The third-order valence-corrected chi connectivity index (χ3v) is 3.60. The Morgan fingerprint density at radius 3 is 2.50 bits per heavy atom. The first-order chi connectivity index (χ1) is 12.3. The van der Waals surface area contributed by atoms with E-state index in [1.54, 1.807) is 6.07 Å². The smallest absolute Gasteiger partial charge is 0.308 e. The predicted octanol–water partition coefficient (Wildman–Crippen LogP) is 3.28. The van der Waals surface area contributed by atoms with E-state index < -0.39 is 23.9 Å². The van der Waals surface area contributed by atoms with Gasteiger partial charge in [-0.2, -0.15) is 0 Å². The summed E-state index contributed by atoms with van der Waals surface area (Å²) in [6, 6.07) is 7.64. The highest BCUT2D eigenvalue weighted by Gasteiger charge is 2.18. The summed E-state index contributed by atoms with van der Waals surface area (Å²) in [5, 5.41) is 5.79. The second-order valence-electron chi connectivity index (χ2n) is 5.26. The zero-order chi connectivity index (χ0) is 19.1. The van der Waals surface area contributed by atoms with E-state index in [-0.39, 0.29) is 18.7 Å². The number of anilines is 1. The monoisotopic (exact) mass is 398 g/mol. The number of hydrogen-bond acceptors (Lipinski definition) is 5. The average molecular weight is 399 g/mol. The Kier molecular flexibility index (Phi) is 7.06. The molecule has 138 valence electrons. The molecule has 0 aliphatic carbocycles. The van der Waals surface area contributed by atoms with Crippen molar-refractivity contribution >= 4 is 46.7 Å². The first-order valence-electron chi connectivity index (χ1n) is 7.63. The maximum absolute atomic E-state index is 12.1. The molecule has 0 fully saturated rings. The minimum absolute atomic E-state index is 0.0522. The van der Waals surface area contributed by atoms with Crippen molar-refractivity contribution in [2.75, 3.05) is 11.9 Å². The molecule has 0 unspecified atom stereocenters. The van der Waals surface area contributed by atoms with Gasteiger partial charge in [0.2, 0.25) is 0 Å². The van der Waals surface area contributed by atoms with Gasteiger partial charge in [-0.3, -0.25) is 14.4 Å². The fourth-order valence-corrected chi connectivity index (χ4v) is 2.48. The summed E-state index contributed by atoms with van der Waals surface area (Å²) < 4.78 is 9.95. The Labute approximate surface area is 159 Å². The maximum Gasteiger partial charge on any atom is 0.308 e. The first kappa shape index (κ1) is 19.8. The number of furan rings is 1. The molecule has 1 aromatic carbocycles. The number of ether oxygens (including phenoxy) is 1. The predicted molar refractivity (Wildman–Crippen MR) is 96.3 cm³/mol. The van der Waals surface area contributed by atoms with Crippen molar-refractivity contribution in [2.45, 2.75) is 19.4 Å². The van der Waals surface area contributed by atoms with E-state index in [2.05, 4.69) is 10.6 Å². The van der Waals surface area contributed by atoms with Crippen molar-refractivity contribution in [3.8, 4) is 0 Å². The molecule has 7 nitrogen and oxygen atoms in total. The lowest BCUT2D eigenvalue weighted by Crippen LogP contribution is -2.32. The van der Waals surface area contributed by atoms with Gasteiger partial charge in [-0.15, -0.1) is 0 Å². The zero-order valence-electron chi connectivity index (χ0n) is 13.8. The van der Waals surface area contributed by atoms with Gasteiger partial charge in [-0.25, -0.2) is 0 Å². The average Bonchev–Trinajstić information content (AvgIpc) is 3.08. The summed E-state index contributed by atoms with van der Waals surface area (Å²) in [5.74, 6) is -1.45. The van der Waals surface area contributed by atoms with Gasteiger partial charge in [-0.05, 0) is 37.3 Å². The molecular weight excluding hydrogens is 383 g/mol. The van der Waals surface area contributed by atoms with E-state index in [0.29, 0.717) is 15.7 Å². The third-order valence-electron chi connectivity index (χ3n) is 3.17. The van der Waals surface area contributed by atoms with Crippen LogP contribution in [0.25, 0.3) is 0 Å². The molecule has 0 saturated carbocycles. The summed E-state index contributed by atoms with van der Waals surface area (Å²) in [6.07, 6.45) is 0.255. The Morgan fingerprint density at radius 1 is 1.19 bits per heavy atom. The van der Waals surface area contributed by atoms with Gasteiger partial charge in [0.1, 0.15) is 0 Å². The fourth-order valence-electron chi connectivity index (χ4n) is 1.95. The fraction of sp³-hybridized carbons (Fsp3) is 0.235. The molecule has 0 aliphatic heterocycles. The molecule has 2 N–H and O–H groups in total. The topological polar surface area (TPSA) is 97.6 Å². The zero-order valence-corrected chi connectivity index (χ0v) is 15.3. The van der Waals surface area contributed by atoms with Gasteiger partial charge in [0.15, 0.2) is 11.9 Å². The Morgan fingerprint density at radius 2 is 1.88 bits per heavy atom. The van der Waals surface area contributed by atoms with Gasteiger partial charge in [0.25, 0.3) is 11.8 Å².